The van der Waals surface area contributed by atoms with Crippen LogP contribution in [0, 0.1) is 26.6 Å². The molecule has 25 heavy (non-hydrogen) atoms. The van der Waals surface area contributed by atoms with Crippen LogP contribution in [-0.2, 0) is 26.9 Å². The molecule has 0 aromatic heterocycles. The highest BCUT2D eigenvalue weighted by Crippen LogP contribution is 2.14. The molecule has 0 bridgehead atoms. The molecule has 0 aliphatic carbocycles. The van der Waals surface area contributed by atoms with Crippen molar-refractivity contribution in [2.45, 2.75) is 33.1 Å². The van der Waals surface area contributed by atoms with Gasteiger partial charge in [0.2, 0.25) is 5.91 Å². The zero-order chi connectivity index (χ0) is 18.6. The molecular formula is C19H22FNO3S. The minimum atomic E-state index is -3.56. The van der Waals surface area contributed by atoms with Gasteiger partial charge in [0, 0.05) is 6.54 Å². The molecular weight excluding hydrogens is 341 g/mol. The van der Waals surface area contributed by atoms with Crippen molar-refractivity contribution in [1.82, 2.24) is 5.32 Å². The van der Waals surface area contributed by atoms with Crippen LogP contribution < -0.4 is 5.32 Å². The Balaban J connectivity index is 1.96. The fourth-order valence-corrected chi connectivity index (χ4v) is 3.90. The molecule has 0 aliphatic rings. The number of carbonyl (C=O) groups is 1. The van der Waals surface area contributed by atoms with Gasteiger partial charge in [-0.05, 0) is 49.1 Å². The SMILES string of the molecule is Cc1ccc(C)c(CS(=O)(=O)CC(=O)NCc2ccc(F)c(C)c2)c1. The molecule has 2 aromatic carbocycles. The van der Waals surface area contributed by atoms with Crippen molar-refractivity contribution in [2.75, 3.05) is 5.75 Å². The third-order valence-electron chi connectivity index (χ3n) is 3.94. The quantitative estimate of drug-likeness (QED) is 0.858. The van der Waals surface area contributed by atoms with Gasteiger partial charge in [0.15, 0.2) is 9.84 Å². The summed E-state index contributed by atoms with van der Waals surface area (Å²) in [7, 11) is -3.56. The Kier molecular flexibility index (Phi) is 5.95. The zero-order valence-corrected chi connectivity index (χ0v) is 15.4. The molecule has 1 amide bonds. The van der Waals surface area contributed by atoms with Gasteiger partial charge in [-0.15, -0.1) is 0 Å². The summed E-state index contributed by atoms with van der Waals surface area (Å²) in [6.07, 6.45) is 0. The van der Waals surface area contributed by atoms with Crippen molar-refractivity contribution >= 4 is 15.7 Å². The minimum absolute atomic E-state index is 0.163. The Morgan fingerprint density at radius 3 is 2.44 bits per heavy atom. The van der Waals surface area contributed by atoms with E-state index in [1.165, 1.54) is 6.07 Å². The highest BCUT2D eigenvalue weighted by atomic mass is 32.2. The first-order valence-electron chi connectivity index (χ1n) is 7.94. The number of hydrogen-bond acceptors (Lipinski definition) is 3. The molecule has 2 rings (SSSR count). The standard InChI is InChI=1S/C19H22FNO3S/c1-13-4-5-14(2)17(8-13)11-25(23,24)12-19(22)21-10-16-6-7-18(20)15(3)9-16/h4-9H,10-12H2,1-3H3,(H,21,22). The number of aryl methyl sites for hydroxylation is 3. The summed E-state index contributed by atoms with van der Waals surface area (Å²) in [5, 5.41) is 2.57. The lowest BCUT2D eigenvalue weighted by Crippen LogP contribution is -2.30. The first kappa shape index (κ1) is 19.1. The van der Waals surface area contributed by atoms with E-state index in [0.717, 1.165) is 16.7 Å². The highest BCUT2D eigenvalue weighted by Gasteiger charge is 2.18. The average Bonchev–Trinajstić information content (AvgIpc) is 2.51. The monoisotopic (exact) mass is 363 g/mol. The molecule has 0 unspecified atom stereocenters. The van der Waals surface area contributed by atoms with Crippen molar-refractivity contribution < 1.29 is 17.6 Å². The van der Waals surface area contributed by atoms with Gasteiger partial charge in [-0.2, -0.15) is 0 Å². The Bertz CT molecular complexity index is 892. The van der Waals surface area contributed by atoms with Crippen LogP contribution in [0.3, 0.4) is 0 Å². The normalized spacial score (nSPS) is 11.4. The van der Waals surface area contributed by atoms with Gasteiger partial charge in [0.05, 0.1) is 5.75 Å². The molecule has 0 aliphatic heterocycles. The van der Waals surface area contributed by atoms with Gasteiger partial charge < -0.3 is 5.32 Å². The van der Waals surface area contributed by atoms with Gasteiger partial charge >= 0.3 is 0 Å². The van der Waals surface area contributed by atoms with E-state index in [-0.39, 0.29) is 18.1 Å². The van der Waals surface area contributed by atoms with Crippen molar-refractivity contribution in [3.05, 3.63) is 70.0 Å². The van der Waals surface area contributed by atoms with Gasteiger partial charge in [0.1, 0.15) is 11.6 Å². The lowest BCUT2D eigenvalue weighted by Gasteiger charge is -2.10. The third kappa shape index (κ3) is 5.67. The van der Waals surface area contributed by atoms with Crippen LogP contribution >= 0.6 is 0 Å². The number of rotatable bonds is 6. The topological polar surface area (TPSA) is 63.2 Å². The molecule has 0 spiro atoms. The van der Waals surface area contributed by atoms with Crippen LogP contribution in [-0.4, -0.2) is 20.1 Å². The summed E-state index contributed by atoms with van der Waals surface area (Å²) < 4.78 is 37.8. The Morgan fingerprint density at radius 1 is 1.04 bits per heavy atom. The van der Waals surface area contributed by atoms with Crippen LogP contribution in [0.25, 0.3) is 0 Å². The van der Waals surface area contributed by atoms with Crippen LogP contribution in [0.2, 0.25) is 0 Å². The largest absolute Gasteiger partial charge is 0.351 e. The van der Waals surface area contributed by atoms with Crippen LogP contribution in [0.5, 0.6) is 0 Å². The number of amides is 1. The fourth-order valence-electron chi connectivity index (χ4n) is 2.51. The van der Waals surface area contributed by atoms with Gasteiger partial charge in [0.25, 0.3) is 0 Å². The van der Waals surface area contributed by atoms with Crippen molar-refractivity contribution in [3.63, 3.8) is 0 Å². The summed E-state index contributed by atoms with van der Waals surface area (Å²) in [4.78, 5) is 12.0. The maximum absolute atomic E-state index is 13.2. The van der Waals surface area contributed by atoms with Crippen molar-refractivity contribution in [1.29, 1.82) is 0 Å². The Labute approximate surface area is 148 Å². The summed E-state index contributed by atoms with van der Waals surface area (Å²) in [5.74, 6) is -1.61. The summed E-state index contributed by atoms with van der Waals surface area (Å²) in [5.41, 5.74) is 3.78. The summed E-state index contributed by atoms with van der Waals surface area (Å²) >= 11 is 0. The summed E-state index contributed by atoms with van der Waals surface area (Å²) in [6, 6.07) is 10.1. The number of hydrogen-bond donors (Lipinski definition) is 1. The van der Waals surface area contributed by atoms with E-state index in [4.69, 9.17) is 0 Å². The fraction of sp³-hybridized carbons (Fsp3) is 0.316. The summed E-state index contributed by atoms with van der Waals surface area (Å²) in [6.45, 7) is 5.54. The molecule has 6 heteroatoms. The zero-order valence-electron chi connectivity index (χ0n) is 14.6. The molecule has 2 aromatic rings. The van der Waals surface area contributed by atoms with Gasteiger partial charge in [-0.3, -0.25) is 4.79 Å². The predicted octanol–water partition coefficient (Wildman–Crippen LogP) is 2.98. The molecule has 0 radical (unpaired) electrons. The van der Waals surface area contributed by atoms with E-state index >= 15 is 0 Å². The molecule has 1 N–H and O–H groups in total. The third-order valence-corrected chi connectivity index (χ3v) is 5.40. The highest BCUT2D eigenvalue weighted by molar-refractivity contribution is 7.91. The smallest absolute Gasteiger partial charge is 0.235 e. The molecule has 4 nitrogen and oxygen atoms in total. The van der Waals surface area contributed by atoms with Crippen LogP contribution in [0.4, 0.5) is 4.39 Å². The van der Waals surface area contributed by atoms with Crippen molar-refractivity contribution in [3.8, 4) is 0 Å². The molecule has 0 fully saturated rings. The average molecular weight is 363 g/mol. The second kappa shape index (κ2) is 7.78. The number of sulfone groups is 1. The lowest BCUT2D eigenvalue weighted by molar-refractivity contribution is -0.118. The second-order valence-electron chi connectivity index (χ2n) is 6.32. The molecule has 0 heterocycles. The van der Waals surface area contributed by atoms with E-state index < -0.39 is 21.5 Å². The van der Waals surface area contributed by atoms with E-state index in [0.29, 0.717) is 11.1 Å². The number of halogens is 1. The van der Waals surface area contributed by atoms with E-state index in [9.17, 15) is 17.6 Å². The minimum Gasteiger partial charge on any atom is -0.351 e. The Hall–Kier alpha value is -2.21. The molecule has 0 saturated carbocycles. The maximum atomic E-state index is 13.2. The predicted molar refractivity (Wildman–Crippen MR) is 96.4 cm³/mol. The van der Waals surface area contributed by atoms with Crippen molar-refractivity contribution in [2.24, 2.45) is 0 Å². The number of carbonyl (C=O) groups excluding carboxylic acids is 1. The first-order valence-corrected chi connectivity index (χ1v) is 9.77. The second-order valence-corrected chi connectivity index (χ2v) is 8.39. The lowest BCUT2D eigenvalue weighted by atomic mass is 10.1. The van der Waals surface area contributed by atoms with Crippen LogP contribution in [0.1, 0.15) is 27.8 Å². The number of nitrogens with one attached hydrogen (secondary N) is 1. The van der Waals surface area contributed by atoms with Crippen LogP contribution in [0.15, 0.2) is 36.4 Å². The van der Waals surface area contributed by atoms with Gasteiger partial charge in [-0.1, -0.05) is 35.9 Å². The molecule has 0 atom stereocenters. The maximum Gasteiger partial charge on any atom is 0.235 e. The van der Waals surface area contributed by atoms with Gasteiger partial charge in [-0.25, -0.2) is 12.8 Å². The Morgan fingerprint density at radius 2 is 1.76 bits per heavy atom. The number of benzene rings is 2. The molecule has 0 saturated heterocycles. The molecule has 134 valence electrons. The van der Waals surface area contributed by atoms with E-state index in [1.54, 1.807) is 19.1 Å². The van der Waals surface area contributed by atoms with E-state index in [1.807, 2.05) is 32.0 Å². The van der Waals surface area contributed by atoms with E-state index in [2.05, 4.69) is 5.32 Å². The first-order chi connectivity index (χ1) is 11.7.